The van der Waals surface area contributed by atoms with Crippen LogP contribution in [0.25, 0.3) is 6.08 Å². The van der Waals surface area contributed by atoms with E-state index in [0.29, 0.717) is 25.9 Å². The minimum absolute atomic E-state index is 0.135. The number of hydrogen-bond donors (Lipinski definition) is 2. The van der Waals surface area contributed by atoms with Gasteiger partial charge in [0.25, 0.3) is 0 Å². The molecule has 0 saturated carbocycles. The molecule has 0 unspecified atom stereocenters. The first-order valence-electron chi connectivity index (χ1n) is 6.83. The lowest BCUT2D eigenvalue weighted by Gasteiger charge is -2.30. The molecule has 0 radical (unpaired) electrons. The van der Waals surface area contributed by atoms with Gasteiger partial charge in [0, 0.05) is 25.2 Å². The van der Waals surface area contributed by atoms with Gasteiger partial charge in [-0.2, -0.15) is 0 Å². The third kappa shape index (κ3) is 4.30. The fraction of sp³-hybridized carbons (Fsp3) is 0.333. The second-order valence-electron chi connectivity index (χ2n) is 5.00. The second-order valence-corrected chi connectivity index (χ2v) is 5.00. The van der Waals surface area contributed by atoms with E-state index in [0.717, 1.165) is 5.56 Å². The number of nitrogens with zero attached hydrogens (tertiary/aromatic N) is 1. The van der Waals surface area contributed by atoms with Crippen LogP contribution in [-0.2, 0) is 4.79 Å². The molecule has 112 valence electrons. The lowest BCUT2D eigenvalue weighted by molar-refractivity contribution is -0.122. The summed E-state index contributed by atoms with van der Waals surface area (Å²) >= 11 is 0. The molecule has 3 N–H and O–H groups in total. The molecule has 5 nitrogen and oxygen atoms in total. The molecule has 2 rings (SSSR count). The van der Waals surface area contributed by atoms with E-state index < -0.39 is 0 Å². The zero-order valence-electron chi connectivity index (χ0n) is 11.6. The lowest BCUT2D eigenvalue weighted by atomic mass is 9.96. The number of rotatable bonds is 3. The summed E-state index contributed by atoms with van der Waals surface area (Å²) in [4.78, 5) is 24.6. The summed E-state index contributed by atoms with van der Waals surface area (Å²) < 4.78 is 12.7. The zero-order chi connectivity index (χ0) is 15.2. The Labute approximate surface area is 122 Å². The van der Waals surface area contributed by atoms with Gasteiger partial charge in [-0.3, -0.25) is 4.79 Å². The van der Waals surface area contributed by atoms with Crippen LogP contribution in [0.5, 0.6) is 0 Å². The first-order valence-corrected chi connectivity index (χ1v) is 6.83. The summed E-state index contributed by atoms with van der Waals surface area (Å²) in [5.74, 6) is -0.733. The molecule has 0 bridgehead atoms. The van der Waals surface area contributed by atoms with Crippen molar-refractivity contribution in [2.75, 3.05) is 13.1 Å². The van der Waals surface area contributed by atoms with Gasteiger partial charge in [-0.1, -0.05) is 12.1 Å². The van der Waals surface area contributed by atoms with Gasteiger partial charge in [-0.25, -0.2) is 9.18 Å². The number of halogens is 1. The van der Waals surface area contributed by atoms with Crippen molar-refractivity contribution in [3.8, 4) is 0 Å². The topological polar surface area (TPSA) is 75.4 Å². The molecule has 0 atom stereocenters. The first-order chi connectivity index (χ1) is 10.1. The van der Waals surface area contributed by atoms with Crippen LogP contribution in [0.4, 0.5) is 9.18 Å². The summed E-state index contributed by atoms with van der Waals surface area (Å²) in [6.07, 6.45) is 4.41. The van der Waals surface area contributed by atoms with Crippen LogP contribution < -0.4 is 11.1 Å². The van der Waals surface area contributed by atoms with E-state index in [2.05, 4.69) is 5.32 Å². The average Bonchev–Trinajstić information content (AvgIpc) is 2.49. The van der Waals surface area contributed by atoms with Crippen molar-refractivity contribution in [3.63, 3.8) is 0 Å². The molecule has 1 aromatic carbocycles. The molecule has 1 aliphatic heterocycles. The van der Waals surface area contributed by atoms with E-state index in [1.54, 1.807) is 23.1 Å². The third-order valence-electron chi connectivity index (χ3n) is 3.54. The van der Waals surface area contributed by atoms with Crippen LogP contribution in [0.2, 0.25) is 0 Å². The summed E-state index contributed by atoms with van der Waals surface area (Å²) in [5, 5.41) is 2.66. The zero-order valence-corrected chi connectivity index (χ0v) is 11.6. The van der Waals surface area contributed by atoms with E-state index in [4.69, 9.17) is 5.73 Å². The van der Waals surface area contributed by atoms with E-state index in [-0.39, 0.29) is 23.7 Å². The van der Waals surface area contributed by atoms with Crippen LogP contribution in [0.1, 0.15) is 18.4 Å². The predicted molar refractivity (Wildman–Crippen MR) is 77.5 cm³/mol. The van der Waals surface area contributed by atoms with Gasteiger partial charge in [0.05, 0.1) is 0 Å². The highest BCUT2D eigenvalue weighted by Crippen LogP contribution is 2.16. The standard InChI is InChI=1S/C15H18FN3O2/c16-13-3-1-11(2-4-13)5-8-18-15(21)19-9-6-12(7-10-19)14(17)20/h1-5,8,12H,6-7,9-10H2,(H2,17,20)(H,18,21)/b8-5+. The van der Waals surface area contributed by atoms with Crippen molar-refractivity contribution >= 4 is 18.0 Å². The second kappa shape index (κ2) is 6.88. The number of nitrogens with two attached hydrogens (primary N) is 1. The Kier molecular flexibility index (Phi) is 4.92. The molecule has 1 heterocycles. The fourth-order valence-electron chi connectivity index (χ4n) is 2.24. The van der Waals surface area contributed by atoms with Gasteiger partial charge >= 0.3 is 6.03 Å². The monoisotopic (exact) mass is 291 g/mol. The Bertz CT molecular complexity index is 534. The van der Waals surface area contributed by atoms with Gasteiger partial charge in [0.15, 0.2) is 0 Å². The SMILES string of the molecule is NC(=O)C1CCN(C(=O)N/C=C/c2ccc(F)cc2)CC1. The summed E-state index contributed by atoms with van der Waals surface area (Å²) in [7, 11) is 0. The molecular weight excluding hydrogens is 273 g/mol. The molecule has 1 aromatic rings. The smallest absolute Gasteiger partial charge is 0.321 e. The number of nitrogens with one attached hydrogen (secondary N) is 1. The van der Waals surface area contributed by atoms with Crippen LogP contribution in [0.15, 0.2) is 30.5 Å². The highest BCUT2D eigenvalue weighted by molar-refractivity contribution is 5.78. The Morgan fingerprint density at radius 1 is 1.24 bits per heavy atom. The number of primary amides is 1. The molecule has 0 aromatic heterocycles. The van der Waals surface area contributed by atoms with Gasteiger partial charge in [0.2, 0.25) is 5.91 Å². The Hall–Kier alpha value is -2.37. The molecule has 0 spiro atoms. The maximum absolute atomic E-state index is 12.7. The number of urea groups is 1. The number of amides is 3. The van der Waals surface area contributed by atoms with Gasteiger partial charge in [-0.15, -0.1) is 0 Å². The number of carbonyl (C=O) groups excluding carboxylic acids is 2. The van der Waals surface area contributed by atoms with Crippen molar-refractivity contribution in [1.82, 2.24) is 10.2 Å². The quantitative estimate of drug-likeness (QED) is 0.889. The molecule has 6 heteroatoms. The highest BCUT2D eigenvalue weighted by Gasteiger charge is 2.25. The molecule has 21 heavy (non-hydrogen) atoms. The Morgan fingerprint density at radius 3 is 2.43 bits per heavy atom. The van der Waals surface area contributed by atoms with Crippen LogP contribution in [0, 0.1) is 11.7 Å². The lowest BCUT2D eigenvalue weighted by Crippen LogP contribution is -2.45. The maximum atomic E-state index is 12.7. The molecule has 1 saturated heterocycles. The van der Waals surface area contributed by atoms with Crippen molar-refractivity contribution in [1.29, 1.82) is 0 Å². The number of likely N-dealkylation sites (tertiary alicyclic amines) is 1. The number of piperidine rings is 1. The Morgan fingerprint density at radius 2 is 1.86 bits per heavy atom. The molecule has 3 amide bonds. The van der Waals surface area contributed by atoms with Crippen LogP contribution in [-0.4, -0.2) is 29.9 Å². The van der Waals surface area contributed by atoms with E-state index in [9.17, 15) is 14.0 Å². The van der Waals surface area contributed by atoms with Crippen LogP contribution >= 0.6 is 0 Å². The average molecular weight is 291 g/mol. The summed E-state index contributed by atoms with van der Waals surface area (Å²) in [6, 6.07) is 5.75. The fourth-order valence-corrected chi connectivity index (χ4v) is 2.24. The van der Waals surface area contributed by atoms with Crippen molar-refractivity contribution in [2.45, 2.75) is 12.8 Å². The third-order valence-corrected chi connectivity index (χ3v) is 3.54. The van der Waals surface area contributed by atoms with Gasteiger partial charge < -0.3 is 16.0 Å². The van der Waals surface area contributed by atoms with E-state index in [1.807, 2.05) is 0 Å². The summed E-state index contributed by atoms with van der Waals surface area (Å²) in [6.45, 7) is 1.04. The van der Waals surface area contributed by atoms with E-state index >= 15 is 0 Å². The molecule has 1 aliphatic rings. The van der Waals surface area contributed by atoms with E-state index in [1.165, 1.54) is 18.3 Å². The first kappa shape index (κ1) is 15.0. The minimum Gasteiger partial charge on any atom is -0.369 e. The number of hydrogen-bond acceptors (Lipinski definition) is 2. The summed E-state index contributed by atoms with van der Waals surface area (Å²) in [5.41, 5.74) is 6.04. The molecular formula is C15H18FN3O2. The van der Waals surface area contributed by atoms with Crippen molar-refractivity contribution in [3.05, 3.63) is 41.8 Å². The molecule has 1 fully saturated rings. The number of benzene rings is 1. The molecule has 0 aliphatic carbocycles. The van der Waals surface area contributed by atoms with Crippen molar-refractivity contribution < 1.29 is 14.0 Å². The normalized spacial score (nSPS) is 16.1. The maximum Gasteiger partial charge on any atom is 0.321 e. The van der Waals surface area contributed by atoms with Crippen LogP contribution in [0.3, 0.4) is 0 Å². The van der Waals surface area contributed by atoms with Gasteiger partial charge in [0.1, 0.15) is 5.82 Å². The highest BCUT2D eigenvalue weighted by atomic mass is 19.1. The minimum atomic E-state index is -0.300. The van der Waals surface area contributed by atoms with Crippen molar-refractivity contribution in [2.24, 2.45) is 11.7 Å². The largest absolute Gasteiger partial charge is 0.369 e. The number of carbonyl (C=O) groups is 2. The predicted octanol–water partition coefficient (Wildman–Crippen LogP) is 1.70. The Balaban J connectivity index is 1.80. The van der Waals surface area contributed by atoms with Gasteiger partial charge in [-0.05, 0) is 36.6 Å².